The summed E-state index contributed by atoms with van der Waals surface area (Å²) in [6, 6.07) is 13.5. The van der Waals surface area contributed by atoms with E-state index in [4.69, 9.17) is 0 Å². The molecule has 0 amide bonds. The first-order valence-electron chi connectivity index (χ1n) is 8.07. The van der Waals surface area contributed by atoms with Gasteiger partial charge in [-0.1, -0.05) is 32.0 Å². The van der Waals surface area contributed by atoms with Crippen LogP contribution in [0.15, 0.2) is 54.9 Å². The molecule has 5 heteroatoms. The van der Waals surface area contributed by atoms with E-state index in [1.54, 1.807) is 12.4 Å². The van der Waals surface area contributed by atoms with Gasteiger partial charge in [-0.15, -0.1) is 0 Å². The summed E-state index contributed by atoms with van der Waals surface area (Å²) in [6.07, 6.45) is 5.44. The Kier molecular flexibility index (Phi) is 5.01. The number of nitrogens with zero attached hydrogens (tertiary/aromatic N) is 5. The number of rotatable bonds is 6. The van der Waals surface area contributed by atoms with Gasteiger partial charge < -0.3 is 25.6 Å². The molecule has 5 nitrogen and oxygen atoms in total. The van der Waals surface area contributed by atoms with Gasteiger partial charge in [0.2, 0.25) is 0 Å². The Morgan fingerprint density at radius 1 is 0.708 bits per heavy atom. The van der Waals surface area contributed by atoms with Crippen LogP contribution in [0.1, 0.15) is 25.0 Å². The van der Waals surface area contributed by atoms with Crippen molar-refractivity contribution in [3.8, 4) is 0 Å². The predicted molar refractivity (Wildman–Crippen MR) is 96.8 cm³/mol. The van der Waals surface area contributed by atoms with E-state index in [1.807, 2.05) is 42.5 Å². The molecular formula is C19H19N5-2. The zero-order valence-electron chi connectivity index (χ0n) is 13.8. The first-order chi connectivity index (χ1) is 11.8. The van der Waals surface area contributed by atoms with E-state index in [1.165, 1.54) is 11.1 Å². The number of hydrogen-bond acceptors (Lipinski definition) is 3. The van der Waals surface area contributed by atoms with E-state index in [2.05, 4.69) is 39.4 Å². The topological polar surface area (TPSA) is 66.9 Å². The van der Waals surface area contributed by atoms with Crippen molar-refractivity contribution in [3.05, 3.63) is 76.6 Å². The van der Waals surface area contributed by atoms with Gasteiger partial charge in [0.15, 0.2) is 0 Å². The van der Waals surface area contributed by atoms with Crippen molar-refractivity contribution in [2.75, 3.05) is 0 Å². The third kappa shape index (κ3) is 4.07. The van der Waals surface area contributed by atoms with Crippen LogP contribution in [-0.4, -0.2) is 15.0 Å². The Morgan fingerprint density at radius 2 is 1.21 bits per heavy atom. The zero-order chi connectivity index (χ0) is 16.8. The summed E-state index contributed by atoms with van der Waals surface area (Å²) in [5.74, 6) is 2.49. The second-order valence-electron chi connectivity index (χ2n) is 5.33. The number of hydrogen-bond donors (Lipinski definition) is 0. The van der Waals surface area contributed by atoms with Gasteiger partial charge in [0.05, 0.1) is 0 Å². The molecule has 0 fully saturated rings. The molecule has 0 aliphatic rings. The standard InChI is InChI=1S/C19H19N5/c1-3-14-8-10-20-18(12-14)23-16-6-5-7-17(22-16)24-19-13-15(4-2)9-11-21-19/h5-13H,3-4H2,1-2H3/q-2. The van der Waals surface area contributed by atoms with Crippen LogP contribution in [0, 0.1) is 0 Å². The highest BCUT2D eigenvalue weighted by atomic mass is 15.1. The van der Waals surface area contributed by atoms with Gasteiger partial charge in [-0.2, -0.15) is 0 Å². The highest BCUT2D eigenvalue weighted by molar-refractivity contribution is 5.65. The highest BCUT2D eigenvalue weighted by Gasteiger charge is 1.95. The maximum absolute atomic E-state index is 4.48. The quantitative estimate of drug-likeness (QED) is 0.588. The van der Waals surface area contributed by atoms with Crippen molar-refractivity contribution < 1.29 is 0 Å². The van der Waals surface area contributed by atoms with Crippen molar-refractivity contribution in [1.29, 1.82) is 0 Å². The second kappa shape index (κ2) is 7.55. The fraction of sp³-hybridized carbons (Fsp3) is 0.211. The van der Waals surface area contributed by atoms with Crippen LogP contribution < -0.4 is 0 Å². The summed E-state index contributed by atoms with van der Waals surface area (Å²) < 4.78 is 0. The number of aryl methyl sites for hydroxylation is 2. The maximum Gasteiger partial charge on any atom is 0.0104 e. The fourth-order valence-electron chi connectivity index (χ4n) is 2.25. The average Bonchev–Trinajstić information content (AvgIpc) is 2.62. The Morgan fingerprint density at radius 3 is 1.67 bits per heavy atom. The molecule has 0 bridgehead atoms. The van der Waals surface area contributed by atoms with E-state index in [0.717, 1.165) is 12.8 Å². The molecular weight excluding hydrogens is 298 g/mol. The Bertz CT molecular complexity index is 751. The lowest BCUT2D eigenvalue weighted by atomic mass is 10.2. The van der Waals surface area contributed by atoms with Gasteiger partial charge in [0.1, 0.15) is 0 Å². The van der Waals surface area contributed by atoms with Crippen LogP contribution in [0.2, 0.25) is 0 Å². The summed E-state index contributed by atoms with van der Waals surface area (Å²) in [4.78, 5) is 13.0. The van der Waals surface area contributed by atoms with Crippen LogP contribution in [0.3, 0.4) is 0 Å². The molecule has 0 saturated carbocycles. The van der Waals surface area contributed by atoms with Gasteiger partial charge in [0, 0.05) is 23.3 Å². The molecule has 3 heterocycles. The van der Waals surface area contributed by atoms with Gasteiger partial charge in [-0.05, 0) is 60.6 Å². The van der Waals surface area contributed by atoms with Crippen molar-refractivity contribution >= 4 is 23.3 Å². The minimum absolute atomic E-state index is 0.587. The van der Waals surface area contributed by atoms with E-state index >= 15 is 0 Å². The fourth-order valence-corrected chi connectivity index (χ4v) is 2.25. The van der Waals surface area contributed by atoms with Gasteiger partial charge >= 0.3 is 0 Å². The van der Waals surface area contributed by atoms with Crippen LogP contribution in [0.5, 0.6) is 0 Å². The number of pyridine rings is 3. The van der Waals surface area contributed by atoms with Crippen LogP contribution >= 0.6 is 0 Å². The van der Waals surface area contributed by atoms with Gasteiger partial charge in [-0.25, -0.2) is 0 Å². The first-order valence-corrected chi connectivity index (χ1v) is 8.07. The third-order valence-corrected chi connectivity index (χ3v) is 3.61. The SMILES string of the molecule is CCc1ccnc([N-]c2cccc([N-]c3cc(CC)ccn3)n2)c1. The first kappa shape index (κ1) is 15.9. The normalized spacial score (nSPS) is 10.4. The second-order valence-corrected chi connectivity index (χ2v) is 5.33. The summed E-state index contributed by atoms with van der Waals surface area (Å²) in [7, 11) is 0. The molecule has 0 N–H and O–H groups in total. The molecule has 122 valence electrons. The predicted octanol–water partition coefficient (Wildman–Crippen LogP) is 5.67. The zero-order valence-corrected chi connectivity index (χ0v) is 13.8. The summed E-state index contributed by atoms with van der Waals surface area (Å²) in [5, 5.41) is 8.97. The minimum atomic E-state index is 0.587. The molecule has 3 aromatic heterocycles. The van der Waals surface area contributed by atoms with E-state index in [9.17, 15) is 0 Å². The van der Waals surface area contributed by atoms with Crippen molar-refractivity contribution in [3.63, 3.8) is 0 Å². The molecule has 0 atom stereocenters. The molecule has 0 aliphatic carbocycles. The summed E-state index contributed by atoms with van der Waals surface area (Å²) in [6.45, 7) is 4.21. The van der Waals surface area contributed by atoms with Gasteiger partial charge in [0.25, 0.3) is 0 Å². The van der Waals surface area contributed by atoms with Crippen molar-refractivity contribution in [1.82, 2.24) is 15.0 Å². The molecule has 3 aromatic rings. The lowest BCUT2D eigenvalue weighted by Gasteiger charge is -2.17. The summed E-state index contributed by atoms with van der Waals surface area (Å²) in [5.41, 5.74) is 2.40. The molecule has 24 heavy (non-hydrogen) atoms. The van der Waals surface area contributed by atoms with Crippen LogP contribution in [0.4, 0.5) is 23.3 Å². The van der Waals surface area contributed by atoms with Crippen LogP contribution in [0.25, 0.3) is 10.6 Å². The van der Waals surface area contributed by atoms with E-state index < -0.39 is 0 Å². The third-order valence-electron chi connectivity index (χ3n) is 3.61. The van der Waals surface area contributed by atoms with Crippen molar-refractivity contribution in [2.24, 2.45) is 0 Å². The Labute approximate surface area is 142 Å². The Hall–Kier alpha value is -2.95. The molecule has 0 saturated heterocycles. The Balaban J connectivity index is 1.76. The van der Waals surface area contributed by atoms with E-state index in [-0.39, 0.29) is 0 Å². The van der Waals surface area contributed by atoms with E-state index in [0.29, 0.717) is 23.3 Å². The minimum Gasteiger partial charge on any atom is -0.369 e. The number of aromatic nitrogens is 3. The van der Waals surface area contributed by atoms with Crippen LogP contribution in [-0.2, 0) is 12.8 Å². The molecule has 0 unspecified atom stereocenters. The lowest BCUT2D eigenvalue weighted by molar-refractivity contribution is 1.12. The average molecular weight is 317 g/mol. The molecule has 0 radical (unpaired) electrons. The lowest BCUT2D eigenvalue weighted by Crippen LogP contribution is -1.85. The monoisotopic (exact) mass is 317 g/mol. The largest absolute Gasteiger partial charge is 0.369 e. The van der Waals surface area contributed by atoms with Crippen molar-refractivity contribution in [2.45, 2.75) is 26.7 Å². The molecule has 0 spiro atoms. The smallest absolute Gasteiger partial charge is 0.0104 e. The molecule has 0 aromatic carbocycles. The molecule has 3 rings (SSSR count). The maximum atomic E-state index is 4.48. The summed E-state index contributed by atoms with van der Waals surface area (Å²) >= 11 is 0. The van der Waals surface area contributed by atoms with Gasteiger partial charge in [-0.3, -0.25) is 0 Å². The molecule has 0 aliphatic heterocycles. The highest BCUT2D eigenvalue weighted by Crippen LogP contribution is 2.32.